The third-order valence-electron chi connectivity index (χ3n) is 2.37. The van der Waals surface area contributed by atoms with Crippen LogP contribution in [0.25, 0.3) is 0 Å². The van der Waals surface area contributed by atoms with Crippen LogP contribution < -0.4 is 5.43 Å². The van der Waals surface area contributed by atoms with E-state index < -0.39 is 34.6 Å². The molecule has 0 bridgehead atoms. The van der Waals surface area contributed by atoms with Gasteiger partial charge in [-0.05, 0) is 24.3 Å². The van der Waals surface area contributed by atoms with E-state index >= 15 is 0 Å². The van der Waals surface area contributed by atoms with Gasteiger partial charge in [0.1, 0.15) is 0 Å². The van der Waals surface area contributed by atoms with Gasteiger partial charge >= 0.3 is 5.97 Å². The van der Waals surface area contributed by atoms with Gasteiger partial charge in [0.25, 0.3) is 5.91 Å². The normalized spacial score (nSPS) is 10.2. The Kier molecular flexibility index (Phi) is 3.28. The Bertz CT molecular complexity index is 639. The van der Waals surface area contributed by atoms with E-state index in [2.05, 4.69) is 5.43 Å². The first-order valence-electron chi connectivity index (χ1n) is 5.15. The molecule has 19 heavy (non-hydrogen) atoms. The predicted molar refractivity (Wildman–Crippen MR) is 61.4 cm³/mol. The molecule has 5 nitrogen and oxygen atoms in total. The maximum atomic E-state index is 13.1. The minimum atomic E-state index is -1.52. The first-order valence-corrected chi connectivity index (χ1v) is 5.15. The van der Waals surface area contributed by atoms with Crippen LogP contribution in [0.5, 0.6) is 0 Å². The van der Waals surface area contributed by atoms with Crippen molar-refractivity contribution in [3.05, 3.63) is 59.4 Å². The fourth-order valence-corrected chi connectivity index (χ4v) is 1.50. The number of halogens is 2. The average molecular weight is 266 g/mol. The van der Waals surface area contributed by atoms with Crippen LogP contribution in [-0.4, -0.2) is 21.7 Å². The van der Waals surface area contributed by atoms with Crippen molar-refractivity contribution in [1.29, 1.82) is 0 Å². The lowest BCUT2D eigenvalue weighted by molar-refractivity contribution is 0.0691. The molecule has 0 aliphatic carbocycles. The number of carboxylic acid groups (broad SMARTS) is 1. The summed E-state index contributed by atoms with van der Waals surface area (Å²) < 4.78 is 27.4. The Balaban J connectivity index is 2.40. The maximum absolute atomic E-state index is 13.1. The highest BCUT2D eigenvalue weighted by molar-refractivity contribution is 6.08. The van der Waals surface area contributed by atoms with Crippen molar-refractivity contribution in [3.63, 3.8) is 0 Å². The van der Waals surface area contributed by atoms with Crippen molar-refractivity contribution in [2.24, 2.45) is 0 Å². The van der Waals surface area contributed by atoms with Gasteiger partial charge in [-0.3, -0.25) is 14.9 Å². The van der Waals surface area contributed by atoms with Gasteiger partial charge in [-0.2, -0.15) is 0 Å². The summed E-state index contributed by atoms with van der Waals surface area (Å²) in [5.41, 5.74) is 1.24. The third-order valence-corrected chi connectivity index (χ3v) is 2.37. The largest absolute Gasteiger partial charge is 0.478 e. The summed E-state index contributed by atoms with van der Waals surface area (Å²) in [6.45, 7) is 0. The van der Waals surface area contributed by atoms with Gasteiger partial charge < -0.3 is 5.11 Å². The second-order valence-electron chi connectivity index (χ2n) is 3.65. The van der Waals surface area contributed by atoms with Crippen LogP contribution in [-0.2, 0) is 0 Å². The second-order valence-corrected chi connectivity index (χ2v) is 3.65. The van der Waals surface area contributed by atoms with E-state index in [1.165, 1.54) is 17.1 Å². The summed E-state index contributed by atoms with van der Waals surface area (Å²) in [7, 11) is 0. The monoisotopic (exact) mass is 266 g/mol. The number of hydrogen-bond donors (Lipinski definition) is 2. The summed E-state index contributed by atoms with van der Waals surface area (Å²) in [5.74, 6) is -4.98. The first kappa shape index (κ1) is 12.7. The molecule has 0 radical (unpaired) electrons. The lowest BCUT2D eigenvalue weighted by Gasteiger charge is -2.09. The summed E-state index contributed by atoms with van der Waals surface area (Å²) in [5, 5.41) is 8.88. The van der Waals surface area contributed by atoms with Gasteiger partial charge in [-0.15, -0.1) is 0 Å². The lowest BCUT2D eigenvalue weighted by Crippen LogP contribution is -2.24. The number of benzene rings is 1. The number of aromatic carboxylic acids is 1. The Morgan fingerprint density at radius 2 is 1.58 bits per heavy atom. The minimum absolute atomic E-state index is 0.458. The van der Waals surface area contributed by atoms with E-state index in [-0.39, 0.29) is 0 Å². The second kappa shape index (κ2) is 4.89. The van der Waals surface area contributed by atoms with Crippen LogP contribution in [0.4, 0.5) is 8.78 Å². The van der Waals surface area contributed by atoms with E-state index in [0.717, 1.165) is 0 Å². The minimum Gasteiger partial charge on any atom is -0.478 e. The Morgan fingerprint density at radius 3 is 2.11 bits per heavy atom. The molecule has 1 aromatic carbocycles. The molecule has 0 fully saturated rings. The maximum Gasteiger partial charge on any atom is 0.336 e. The molecule has 0 spiro atoms. The summed E-state index contributed by atoms with van der Waals surface area (Å²) >= 11 is 0. The van der Waals surface area contributed by atoms with Crippen molar-refractivity contribution >= 4 is 11.9 Å². The fraction of sp³-hybridized carbons (Fsp3) is 0. The Labute approximate surface area is 106 Å². The number of carbonyl (C=O) groups is 2. The molecule has 1 aromatic heterocycles. The fourth-order valence-electron chi connectivity index (χ4n) is 1.50. The topological polar surface area (TPSA) is 71.3 Å². The van der Waals surface area contributed by atoms with Crippen molar-refractivity contribution in [3.8, 4) is 0 Å². The molecule has 98 valence electrons. The highest BCUT2D eigenvalue weighted by atomic mass is 19.2. The number of rotatable bonds is 3. The molecule has 2 aromatic rings. The van der Waals surface area contributed by atoms with Crippen LogP contribution in [0.1, 0.15) is 20.7 Å². The van der Waals surface area contributed by atoms with E-state index in [4.69, 9.17) is 5.11 Å². The number of nitrogens with one attached hydrogen (secondary N) is 1. The van der Waals surface area contributed by atoms with Crippen LogP contribution in [0.2, 0.25) is 0 Å². The molecule has 0 aliphatic heterocycles. The molecule has 0 saturated carbocycles. The number of aromatic nitrogens is 1. The SMILES string of the molecule is O=C(O)c1cc(F)c(F)cc1C(=O)Nn1cccc1. The number of carboxylic acids is 1. The van der Waals surface area contributed by atoms with Crippen molar-refractivity contribution in [2.75, 3.05) is 5.43 Å². The summed E-state index contributed by atoms with van der Waals surface area (Å²) in [6.07, 6.45) is 3.00. The highest BCUT2D eigenvalue weighted by Gasteiger charge is 2.20. The van der Waals surface area contributed by atoms with Gasteiger partial charge in [0, 0.05) is 12.4 Å². The lowest BCUT2D eigenvalue weighted by atomic mass is 10.1. The van der Waals surface area contributed by atoms with Gasteiger partial charge in [-0.1, -0.05) is 0 Å². The molecular weight excluding hydrogens is 258 g/mol. The van der Waals surface area contributed by atoms with Crippen molar-refractivity contribution in [2.45, 2.75) is 0 Å². The van der Waals surface area contributed by atoms with Gasteiger partial charge in [0.05, 0.1) is 11.1 Å². The molecule has 2 rings (SSSR count). The van der Waals surface area contributed by atoms with Gasteiger partial charge in [0.2, 0.25) is 0 Å². The number of hydrogen-bond acceptors (Lipinski definition) is 2. The van der Waals surface area contributed by atoms with E-state index in [0.29, 0.717) is 12.1 Å². The van der Waals surface area contributed by atoms with Crippen molar-refractivity contribution < 1.29 is 23.5 Å². The zero-order chi connectivity index (χ0) is 14.0. The standard InChI is InChI=1S/C12H8F2N2O3/c13-9-5-7(8(12(18)19)6-10(9)14)11(17)15-16-3-1-2-4-16/h1-6H,(H,15,17)(H,18,19). The summed E-state index contributed by atoms with van der Waals surface area (Å²) in [4.78, 5) is 22.7. The zero-order valence-electron chi connectivity index (χ0n) is 9.43. The van der Waals surface area contributed by atoms with Crippen LogP contribution >= 0.6 is 0 Å². The molecular formula is C12H8F2N2O3. The zero-order valence-corrected chi connectivity index (χ0v) is 9.43. The molecule has 1 heterocycles. The van der Waals surface area contributed by atoms with E-state index in [9.17, 15) is 18.4 Å². The van der Waals surface area contributed by atoms with Gasteiger partial charge in [-0.25, -0.2) is 13.6 Å². The molecule has 0 atom stereocenters. The molecule has 7 heteroatoms. The molecule has 0 aliphatic rings. The van der Waals surface area contributed by atoms with Crippen LogP contribution in [0, 0.1) is 11.6 Å². The smallest absolute Gasteiger partial charge is 0.336 e. The van der Waals surface area contributed by atoms with E-state index in [1.807, 2.05) is 0 Å². The highest BCUT2D eigenvalue weighted by Crippen LogP contribution is 2.15. The Hall–Kier alpha value is -2.70. The predicted octanol–water partition coefficient (Wildman–Crippen LogP) is 1.85. The number of amides is 1. The molecule has 1 amide bonds. The average Bonchev–Trinajstić information content (AvgIpc) is 2.84. The quantitative estimate of drug-likeness (QED) is 0.890. The summed E-state index contributed by atoms with van der Waals surface area (Å²) in [6, 6.07) is 4.28. The number of carbonyl (C=O) groups excluding carboxylic acids is 1. The molecule has 2 N–H and O–H groups in total. The molecule has 0 saturated heterocycles. The Morgan fingerprint density at radius 1 is 1.05 bits per heavy atom. The van der Waals surface area contributed by atoms with E-state index in [1.54, 1.807) is 12.1 Å². The van der Waals surface area contributed by atoms with Crippen molar-refractivity contribution in [1.82, 2.24) is 4.68 Å². The number of nitrogens with zero attached hydrogens (tertiary/aromatic N) is 1. The van der Waals surface area contributed by atoms with Gasteiger partial charge in [0.15, 0.2) is 11.6 Å². The van der Waals surface area contributed by atoms with Crippen LogP contribution in [0.15, 0.2) is 36.7 Å². The van der Waals surface area contributed by atoms with Crippen LogP contribution in [0.3, 0.4) is 0 Å². The molecule has 0 unspecified atom stereocenters. The first-order chi connectivity index (χ1) is 8.99. The third kappa shape index (κ3) is 2.59.